The lowest BCUT2D eigenvalue weighted by Gasteiger charge is -2.34. The van der Waals surface area contributed by atoms with Gasteiger partial charge in [0.15, 0.2) is 5.17 Å². The molecule has 26 heavy (non-hydrogen) atoms. The van der Waals surface area contributed by atoms with Gasteiger partial charge in [-0.3, -0.25) is 9.59 Å². The Morgan fingerprint density at radius 1 is 1.27 bits per heavy atom. The average molecular weight is 373 g/mol. The minimum Gasteiger partial charge on any atom is -0.493 e. The van der Waals surface area contributed by atoms with Gasteiger partial charge >= 0.3 is 0 Å². The van der Waals surface area contributed by atoms with Crippen LogP contribution in [0.2, 0.25) is 0 Å². The molecule has 138 valence electrons. The molecule has 7 heteroatoms. The maximum absolute atomic E-state index is 12.3. The van der Waals surface area contributed by atoms with E-state index >= 15 is 0 Å². The number of piperazine rings is 1. The lowest BCUT2D eigenvalue weighted by atomic mass is 10.2. The summed E-state index contributed by atoms with van der Waals surface area (Å²) in [5.41, 5.74) is 0.884. The normalized spacial score (nSPS) is 19.1. The summed E-state index contributed by atoms with van der Waals surface area (Å²) < 4.78 is 5.76. The van der Waals surface area contributed by atoms with Crippen LogP contribution in [0.25, 0.3) is 6.08 Å². The third kappa shape index (κ3) is 4.27. The number of hydrogen-bond acceptors (Lipinski definition) is 5. The molecule has 3 rings (SSSR count). The number of ether oxygens (including phenoxy) is 1. The van der Waals surface area contributed by atoms with Gasteiger partial charge < -0.3 is 14.5 Å². The van der Waals surface area contributed by atoms with Crippen LogP contribution in [0.1, 0.15) is 25.8 Å². The number of aliphatic imine (C=N–C) groups is 1. The predicted molar refractivity (Wildman–Crippen MR) is 104 cm³/mol. The van der Waals surface area contributed by atoms with Crippen molar-refractivity contribution in [3.05, 3.63) is 34.7 Å². The first kappa shape index (κ1) is 18.5. The molecule has 2 amide bonds. The van der Waals surface area contributed by atoms with Crippen LogP contribution < -0.4 is 4.74 Å². The van der Waals surface area contributed by atoms with Crippen LogP contribution in [0, 0.1) is 0 Å². The minimum absolute atomic E-state index is 0.0889. The highest BCUT2D eigenvalue weighted by molar-refractivity contribution is 8.18. The van der Waals surface area contributed by atoms with Crippen LogP contribution in [-0.2, 0) is 9.59 Å². The van der Waals surface area contributed by atoms with Gasteiger partial charge in [0, 0.05) is 38.7 Å². The summed E-state index contributed by atoms with van der Waals surface area (Å²) in [6.45, 7) is 7.00. The molecule has 0 spiro atoms. The maximum atomic E-state index is 12.3. The molecule has 0 N–H and O–H groups in total. The Morgan fingerprint density at radius 2 is 2.00 bits per heavy atom. The van der Waals surface area contributed by atoms with Crippen molar-refractivity contribution in [3.8, 4) is 5.75 Å². The van der Waals surface area contributed by atoms with Crippen molar-refractivity contribution in [3.63, 3.8) is 0 Å². The van der Waals surface area contributed by atoms with Crippen molar-refractivity contribution >= 4 is 34.8 Å². The van der Waals surface area contributed by atoms with Crippen molar-refractivity contribution in [2.75, 3.05) is 32.8 Å². The van der Waals surface area contributed by atoms with E-state index < -0.39 is 0 Å². The molecule has 6 nitrogen and oxygen atoms in total. The highest BCUT2D eigenvalue weighted by Crippen LogP contribution is 2.32. The van der Waals surface area contributed by atoms with Gasteiger partial charge in [-0.05, 0) is 30.3 Å². The Balaban J connectivity index is 1.69. The summed E-state index contributed by atoms with van der Waals surface area (Å²) in [5.74, 6) is 0.647. The number of amidine groups is 1. The number of benzene rings is 1. The molecule has 2 aliphatic heterocycles. The van der Waals surface area contributed by atoms with E-state index in [-0.39, 0.29) is 11.8 Å². The van der Waals surface area contributed by atoms with Crippen molar-refractivity contribution in [1.29, 1.82) is 0 Å². The van der Waals surface area contributed by atoms with Crippen molar-refractivity contribution < 1.29 is 14.3 Å². The first-order valence-corrected chi connectivity index (χ1v) is 9.65. The summed E-state index contributed by atoms with van der Waals surface area (Å²) in [6.07, 6.45) is 2.78. The SMILES string of the molecule is CCCOc1ccccc1/C=C1/SC(N2CCN(C(C)=O)CC2)=NC1=O. The van der Waals surface area contributed by atoms with E-state index in [1.807, 2.05) is 35.2 Å². The molecule has 0 radical (unpaired) electrons. The Kier molecular flexibility index (Phi) is 5.98. The second kappa shape index (κ2) is 8.40. The van der Waals surface area contributed by atoms with Crippen LogP contribution in [-0.4, -0.2) is 59.6 Å². The van der Waals surface area contributed by atoms with Crippen LogP contribution in [0.5, 0.6) is 5.75 Å². The van der Waals surface area contributed by atoms with E-state index in [0.29, 0.717) is 37.7 Å². The summed E-state index contributed by atoms with van der Waals surface area (Å²) >= 11 is 1.39. The standard InChI is InChI=1S/C19H23N3O3S/c1-3-12-25-16-7-5-4-6-15(16)13-17-18(24)20-19(26-17)22-10-8-21(9-11-22)14(2)23/h4-7,13H,3,8-12H2,1-2H3/b17-13+. The van der Waals surface area contributed by atoms with Gasteiger partial charge in [-0.2, -0.15) is 4.99 Å². The number of carbonyl (C=O) groups is 2. The molecular weight excluding hydrogens is 350 g/mol. The van der Waals surface area contributed by atoms with Gasteiger partial charge in [-0.15, -0.1) is 0 Å². The topological polar surface area (TPSA) is 62.2 Å². The van der Waals surface area contributed by atoms with Crippen molar-refractivity contribution in [1.82, 2.24) is 9.80 Å². The van der Waals surface area contributed by atoms with E-state index in [2.05, 4.69) is 16.8 Å². The molecule has 0 aliphatic carbocycles. The Bertz CT molecular complexity index is 752. The predicted octanol–water partition coefficient (Wildman–Crippen LogP) is 2.61. The fourth-order valence-corrected chi connectivity index (χ4v) is 3.79. The summed E-state index contributed by atoms with van der Waals surface area (Å²) in [5, 5.41) is 0.719. The van der Waals surface area contributed by atoms with E-state index in [9.17, 15) is 9.59 Å². The monoisotopic (exact) mass is 373 g/mol. The van der Waals surface area contributed by atoms with Crippen LogP contribution in [0.4, 0.5) is 0 Å². The molecule has 1 fully saturated rings. The fourth-order valence-electron chi connectivity index (χ4n) is 2.83. The third-order valence-corrected chi connectivity index (χ3v) is 5.32. The molecule has 2 aliphatic rings. The molecular formula is C19H23N3O3S. The number of amides is 2. The fraction of sp³-hybridized carbons (Fsp3) is 0.421. The molecule has 0 atom stereocenters. The first-order chi connectivity index (χ1) is 12.6. The van der Waals surface area contributed by atoms with Crippen molar-refractivity contribution in [2.24, 2.45) is 4.99 Å². The van der Waals surface area contributed by atoms with Gasteiger partial charge in [0.05, 0.1) is 11.5 Å². The molecule has 0 unspecified atom stereocenters. The smallest absolute Gasteiger partial charge is 0.286 e. The van der Waals surface area contributed by atoms with Gasteiger partial charge in [-0.1, -0.05) is 25.1 Å². The van der Waals surface area contributed by atoms with Crippen LogP contribution in [0.15, 0.2) is 34.2 Å². The highest BCUT2D eigenvalue weighted by Gasteiger charge is 2.29. The summed E-state index contributed by atoms with van der Waals surface area (Å²) in [4.78, 5) is 32.5. The summed E-state index contributed by atoms with van der Waals surface area (Å²) in [7, 11) is 0. The quantitative estimate of drug-likeness (QED) is 0.759. The number of carbonyl (C=O) groups excluding carboxylic acids is 2. The Hall–Kier alpha value is -2.28. The lowest BCUT2D eigenvalue weighted by molar-refractivity contribution is -0.130. The molecule has 1 aromatic rings. The van der Waals surface area contributed by atoms with Gasteiger partial charge in [0.25, 0.3) is 5.91 Å². The van der Waals surface area contributed by atoms with Crippen LogP contribution >= 0.6 is 11.8 Å². The minimum atomic E-state index is -0.218. The maximum Gasteiger partial charge on any atom is 0.286 e. The summed E-state index contributed by atoms with van der Waals surface area (Å²) in [6, 6.07) is 7.70. The lowest BCUT2D eigenvalue weighted by Crippen LogP contribution is -2.49. The zero-order valence-electron chi connectivity index (χ0n) is 15.1. The van der Waals surface area contributed by atoms with Gasteiger partial charge in [-0.25, -0.2) is 0 Å². The second-order valence-corrected chi connectivity index (χ2v) is 7.20. The van der Waals surface area contributed by atoms with Gasteiger partial charge in [0.1, 0.15) is 5.75 Å². The molecule has 1 aromatic carbocycles. The van der Waals surface area contributed by atoms with E-state index in [1.54, 1.807) is 6.92 Å². The molecule has 0 bridgehead atoms. The van der Waals surface area contributed by atoms with E-state index in [1.165, 1.54) is 11.8 Å². The van der Waals surface area contributed by atoms with E-state index in [0.717, 1.165) is 22.9 Å². The number of hydrogen-bond donors (Lipinski definition) is 0. The number of para-hydroxylation sites is 1. The van der Waals surface area contributed by atoms with E-state index in [4.69, 9.17) is 4.74 Å². The average Bonchev–Trinajstić information content (AvgIpc) is 3.01. The Labute approximate surface area is 157 Å². The zero-order chi connectivity index (χ0) is 18.5. The highest BCUT2D eigenvalue weighted by atomic mass is 32.2. The Morgan fingerprint density at radius 3 is 2.69 bits per heavy atom. The van der Waals surface area contributed by atoms with Crippen LogP contribution in [0.3, 0.4) is 0 Å². The molecule has 2 heterocycles. The molecule has 0 aromatic heterocycles. The third-order valence-electron chi connectivity index (χ3n) is 4.27. The van der Waals surface area contributed by atoms with Crippen molar-refractivity contribution in [2.45, 2.75) is 20.3 Å². The molecule has 1 saturated heterocycles. The van der Waals surface area contributed by atoms with Gasteiger partial charge in [0.2, 0.25) is 5.91 Å². The first-order valence-electron chi connectivity index (χ1n) is 8.83. The largest absolute Gasteiger partial charge is 0.493 e. The number of thioether (sulfide) groups is 1. The molecule has 0 saturated carbocycles. The number of nitrogens with zero attached hydrogens (tertiary/aromatic N) is 3. The second-order valence-electron chi connectivity index (χ2n) is 6.19. The number of rotatable bonds is 4. The zero-order valence-corrected chi connectivity index (χ0v) is 15.9.